The number of pyridine rings is 1. The molecule has 1 aliphatic rings. The van der Waals surface area contributed by atoms with Crippen molar-refractivity contribution in [2.24, 2.45) is 5.92 Å². The van der Waals surface area contributed by atoms with Gasteiger partial charge in [-0.15, -0.1) is 0 Å². The van der Waals surface area contributed by atoms with Crippen LogP contribution < -0.4 is 5.32 Å². The molecule has 1 heterocycles. The van der Waals surface area contributed by atoms with E-state index >= 15 is 0 Å². The number of rotatable bonds is 5. The number of nitrogens with one attached hydrogen (secondary N) is 1. The highest BCUT2D eigenvalue weighted by Gasteiger charge is 2.30. The van der Waals surface area contributed by atoms with Crippen LogP contribution in [0.5, 0.6) is 0 Å². The van der Waals surface area contributed by atoms with Gasteiger partial charge in [-0.05, 0) is 30.9 Å². The van der Waals surface area contributed by atoms with Crippen LogP contribution in [0.1, 0.15) is 12.8 Å². The van der Waals surface area contributed by atoms with E-state index in [0.29, 0.717) is 0 Å². The Morgan fingerprint density at radius 1 is 1.57 bits per heavy atom. The molecule has 1 aromatic heterocycles. The number of aliphatic hydroxyl groups excluding tert-OH is 1. The van der Waals surface area contributed by atoms with E-state index < -0.39 is 16.8 Å². The van der Waals surface area contributed by atoms with E-state index in [1.165, 1.54) is 12.3 Å². The minimum atomic E-state index is -0.740. The van der Waals surface area contributed by atoms with Gasteiger partial charge in [0.1, 0.15) is 5.52 Å². The van der Waals surface area contributed by atoms with Gasteiger partial charge in [-0.2, -0.15) is 0 Å². The van der Waals surface area contributed by atoms with Crippen LogP contribution in [-0.4, -0.2) is 27.7 Å². The molecule has 0 aliphatic heterocycles. The second-order valence-electron chi connectivity index (χ2n) is 5.19. The third-order valence-corrected chi connectivity index (χ3v) is 3.67. The van der Waals surface area contributed by atoms with Crippen LogP contribution in [0.25, 0.3) is 10.9 Å². The zero-order chi connectivity index (χ0) is 15.0. The van der Waals surface area contributed by atoms with Crippen molar-refractivity contribution < 1.29 is 14.4 Å². The van der Waals surface area contributed by atoms with E-state index in [1.807, 2.05) is 0 Å². The van der Waals surface area contributed by atoms with Crippen molar-refractivity contribution in [2.75, 3.05) is 11.9 Å². The fourth-order valence-corrected chi connectivity index (χ4v) is 2.37. The summed E-state index contributed by atoms with van der Waals surface area (Å²) in [5.74, 6) is -0.478. The number of anilines is 1. The molecule has 21 heavy (non-hydrogen) atoms. The summed E-state index contributed by atoms with van der Waals surface area (Å²) in [7, 11) is 0. The van der Waals surface area contributed by atoms with Gasteiger partial charge in [0.25, 0.3) is 5.69 Å². The molecule has 7 heteroatoms. The van der Waals surface area contributed by atoms with Crippen molar-refractivity contribution in [3.05, 3.63) is 40.3 Å². The zero-order valence-electron chi connectivity index (χ0n) is 11.1. The minimum absolute atomic E-state index is 0.0934. The number of non-ortho nitro benzene ring substituents is 1. The Kier molecular flexibility index (Phi) is 3.42. The summed E-state index contributed by atoms with van der Waals surface area (Å²) in [4.78, 5) is 14.4. The third-order valence-electron chi connectivity index (χ3n) is 3.67. The van der Waals surface area contributed by atoms with Gasteiger partial charge in [0.05, 0.1) is 28.2 Å². The fraction of sp³-hybridized carbons (Fsp3) is 0.357. The molecule has 1 atom stereocenters. The van der Waals surface area contributed by atoms with Crippen LogP contribution in [0, 0.1) is 21.8 Å². The maximum absolute atomic E-state index is 14.1. The number of benzene rings is 1. The zero-order valence-corrected chi connectivity index (χ0v) is 11.1. The van der Waals surface area contributed by atoms with Crippen LogP contribution in [0.15, 0.2) is 24.4 Å². The summed E-state index contributed by atoms with van der Waals surface area (Å²) < 4.78 is 14.1. The van der Waals surface area contributed by atoms with E-state index in [4.69, 9.17) is 0 Å². The molecule has 1 unspecified atom stereocenters. The summed E-state index contributed by atoms with van der Waals surface area (Å²) in [5, 5.41) is 23.9. The SMILES string of the molecule is O=[N+]([O-])c1cc(F)c(NCC(O)C2CC2)c2ncccc12. The van der Waals surface area contributed by atoms with Gasteiger partial charge in [0, 0.05) is 12.7 Å². The first-order valence-corrected chi connectivity index (χ1v) is 6.71. The Balaban J connectivity index is 1.99. The van der Waals surface area contributed by atoms with Crippen LogP contribution in [-0.2, 0) is 0 Å². The van der Waals surface area contributed by atoms with Crippen molar-refractivity contribution in [1.82, 2.24) is 4.98 Å². The van der Waals surface area contributed by atoms with Crippen molar-refractivity contribution in [3.8, 4) is 0 Å². The number of aliphatic hydroxyl groups is 1. The first kappa shape index (κ1) is 13.7. The lowest BCUT2D eigenvalue weighted by molar-refractivity contribution is -0.383. The molecule has 2 N–H and O–H groups in total. The molecule has 1 aromatic carbocycles. The number of halogens is 1. The van der Waals surface area contributed by atoms with Gasteiger partial charge in [-0.25, -0.2) is 4.39 Å². The van der Waals surface area contributed by atoms with Gasteiger partial charge in [-0.1, -0.05) is 0 Å². The Morgan fingerprint density at radius 3 is 3.00 bits per heavy atom. The molecule has 3 rings (SSSR count). The molecule has 1 aliphatic carbocycles. The summed E-state index contributed by atoms with van der Waals surface area (Å²) in [6.45, 7) is 0.199. The highest BCUT2D eigenvalue weighted by Crippen LogP contribution is 2.35. The van der Waals surface area contributed by atoms with Crippen molar-refractivity contribution in [3.63, 3.8) is 0 Å². The minimum Gasteiger partial charge on any atom is -0.391 e. The third kappa shape index (κ3) is 2.64. The van der Waals surface area contributed by atoms with Gasteiger partial charge in [0.15, 0.2) is 5.82 Å². The van der Waals surface area contributed by atoms with Crippen molar-refractivity contribution >= 4 is 22.3 Å². The topological polar surface area (TPSA) is 88.3 Å². The number of nitro benzene ring substituents is 1. The molecule has 110 valence electrons. The molecule has 0 amide bonds. The van der Waals surface area contributed by atoms with E-state index in [9.17, 15) is 19.6 Å². The molecule has 6 nitrogen and oxygen atoms in total. The summed E-state index contributed by atoms with van der Waals surface area (Å²) in [6, 6.07) is 3.98. The normalized spacial score (nSPS) is 15.9. The Labute approximate surface area is 119 Å². The number of fused-ring (bicyclic) bond motifs is 1. The van der Waals surface area contributed by atoms with Crippen LogP contribution >= 0.6 is 0 Å². The van der Waals surface area contributed by atoms with E-state index in [-0.39, 0.29) is 34.7 Å². The van der Waals surface area contributed by atoms with Gasteiger partial charge >= 0.3 is 0 Å². The maximum atomic E-state index is 14.1. The largest absolute Gasteiger partial charge is 0.391 e. The molecule has 0 bridgehead atoms. The second-order valence-corrected chi connectivity index (χ2v) is 5.19. The lowest BCUT2D eigenvalue weighted by Crippen LogP contribution is -2.22. The molecule has 0 spiro atoms. The highest BCUT2D eigenvalue weighted by atomic mass is 19.1. The monoisotopic (exact) mass is 291 g/mol. The van der Waals surface area contributed by atoms with Crippen LogP contribution in [0.4, 0.5) is 15.8 Å². The smallest absolute Gasteiger partial charge is 0.281 e. The maximum Gasteiger partial charge on any atom is 0.281 e. The number of hydrogen-bond donors (Lipinski definition) is 2. The lowest BCUT2D eigenvalue weighted by Gasteiger charge is -2.14. The van der Waals surface area contributed by atoms with Crippen molar-refractivity contribution in [2.45, 2.75) is 18.9 Å². The van der Waals surface area contributed by atoms with Crippen LogP contribution in [0.2, 0.25) is 0 Å². The first-order valence-electron chi connectivity index (χ1n) is 6.71. The van der Waals surface area contributed by atoms with E-state index in [1.54, 1.807) is 6.07 Å². The number of hydrogen-bond acceptors (Lipinski definition) is 5. The van der Waals surface area contributed by atoms with E-state index in [0.717, 1.165) is 18.9 Å². The van der Waals surface area contributed by atoms with Gasteiger partial charge in [0.2, 0.25) is 0 Å². The predicted octanol–water partition coefficient (Wildman–Crippen LogP) is 2.46. The molecular formula is C14H14FN3O3. The summed E-state index contributed by atoms with van der Waals surface area (Å²) >= 11 is 0. The quantitative estimate of drug-likeness (QED) is 0.652. The molecule has 0 saturated heterocycles. The molecule has 1 fully saturated rings. The summed E-state index contributed by atoms with van der Waals surface area (Å²) in [6.07, 6.45) is 2.86. The molecular weight excluding hydrogens is 277 g/mol. The average molecular weight is 291 g/mol. The van der Waals surface area contributed by atoms with Crippen molar-refractivity contribution in [1.29, 1.82) is 0 Å². The number of nitro groups is 1. The number of aromatic nitrogens is 1. The van der Waals surface area contributed by atoms with Crippen LogP contribution in [0.3, 0.4) is 0 Å². The Bertz CT molecular complexity index is 703. The Morgan fingerprint density at radius 2 is 2.33 bits per heavy atom. The Hall–Kier alpha value is -2.28. The second kappa shape index (κ2) is 5.25. The standard InChI is InChI=1S/C14H14FN3O3/c15-10-6-11(18(20)21)9-2-1-5-16-13(9)14(10)17-7-12(19)8-3-4-8/h1-2,5-6,8,12,17,19H,3-4,7H2. The first-order chi connectivity index (χ1) is 10.1. The molecule has 0 radical (unpaired) electrons. The predicted molar refractivity (Wildman–Crippen MR) is 75.6 cm³/mol. The fourth-order valence-electron chi connectivity index (χ4n) is 2.37. The average Bonchev–Trinajstić information content (AvgIpc) is 3.29. The molecule has 2 aromatic rings. The highest BCUT2D eigenvalue weighted by molar-refractivity contribution is 5.97. The van der Waals surface area contributed by atoms with Gasteiger partial charge in [-0.3, -0.25) is 15.1 Å². The van der Waals surface area contributed by atoms with Gasteiger partial charge < -0.3 is 10.4 Å². The lowest BCUT2D eigenvalue weighted by atomic mass is 10.1. The summed E-state index contributed by atoms with van der Waals surface area (Å²) in [5.41, 5.74) is -0.0213. The van der Waals surface area contributed by atoms with E-state index in [2.05, 4.69) is 10.3 Å². The number of nitrogens with zero attached hydrogens (tertiary/aromatic N) is 2. The molecule has 1 saturated carbocycles.